The average Bonchev–Trinajstić information content (AvgIpc) is 2.68. The van der Waals surface area contributed by atoms with Crippen molar-refractivity contribution in [1.82, 2.24) is 10.3 Å². The van der Waals surface area contributed by atoms with Crippen LogP contribution >= 0.6 is 11.3 Å². The van der Waals surface area contributed by atoms with Gasteiger partial charge in [0.25, 0.3) is 0 Å². The minimum Gasteiger partial charge on any atom is -0.477 e. The van der Waals surface area contributed by atoms with E-state index in [2.05, 4.69) is 16.2 Å². The molecule has 0 aromatic carbocycles. The van der Waals surface area contributed by atoms with E-state index in [1.165, 1.54) is 0 Å². The van der Waals surface area contributed by atoms with Crippen LogP contribution in [0, 0.1) is 19.3 Å². The molecule has 6 nitrogen and oxygen atoms in total. The highest BCUT2D eigenvalue weighted by atomic mass is 32.1. The van der Waals surface area contributed by atoms with Gasteiger partial charge in [0.1, 0.15) is 9.88 Å². The van der Waals surface area contributed by atoms with E-state index in [1.54, 1.807) is 6.92 Å². The second-order valence-electron chi connectivity index (χ2n) is 3.56. The zero-order chi connectivity index (χ0) is 13.7. The van der Waals surface area contributed by atoms with Crippen LogP contribution in [0.1, 0.15) is 26.8 Å². The Morgan fingerprint density at radius 3 is 2.83 bits per heavy atom. The molecule has 1 aromatic heterocycles. The van der Waals surface area contributed by atoms with Crippen LogP contribution in [0.5, 0.6) is 0 Å². The number of nitrogens with zero attached hydrogens (tertiary/aromatic N) is 1. The largest absolute Gasteiger partial charge is 0.477 e. The number of rotatable bonds is 5. The molecule has 0 aliphatic heterocycles. The molecule has 1 unspecified atom stereocenters. The lowest BCUT2D eigenvalue weighted by Crippen LogP contribution is -2.39. The number of amides is 1. The van der Waals surface area contributed by atoms with Crippen LogP contribution in [0.2, 0.25) is 0 Å². The van der Waals surface area contributed by atoms with Crippen molar-refractivity contribution in [3.63, 3.8) is 0 Å². The van der Waals surface area contributed by atoms with Crippen molar-refractivity contribution < 1.29 is 14.7 Å². The van der Waals surface area contributed by atoms with Crippen LogP contribution in [-0.2, 0) is 11.3 Å². The van der Waals surface area contributed by atoms with E-state index in [0.29, 0.717) is 10.7 Å². The predicted molar refractivity (Wildman–Crippen MR) is 67.1 cm³/mol. The fourth-order valence-corrected chi connectivity index (χ4v) is 2.08. The first-order valence-electron chi connectivity index (χ1n) is 5.12. The molecule has 1 rings (SSSR count). The molecule has 1 aromatic rings. The van der Waals surface area contributed by atoms with E-state index in [9.17, 15) is 9.59 Å². The highest BCUT2D eigenvalue weighted by molar-refractivity contribution is 7.13. The number of hydrogen-bond acceptors (Lipinski definition) is 5. The number of terminal acetylenes is 1. The number of carboxylic acids is 1. The molecule has 0 radical (unpaired) electrons. The van der Waals surface area contributed by atoms with Gasteiger partial charge >= 0.3 is 5.97 Å². The maximum Gasteiger partial charge on any atom is 0.347 e. The summed E-state index contributed by atoms with van der Waals surface area (Å²) in [6, 6.07) is -0.755. The summed E-state index contributed by atoms with van der Waals surface area (Å²) in [5.74, 6) is 0.899. The normalized spacial score (nSPS) is 11.6. The molecule has 0 saturated carbocycles. The van der Waals surface area contributed by atoms with Gasteiger partial charge in [-0.25, -0.2) is 9.78 Å². The predicted octanol–water partition coefficient (Wildman–Crippen LogP) is 0.117. The summed E-state index contributed by atoms with van der Waals surface area (Å²) in [5, 5.41) is 11.9. The van der Waals surface area contributed by atoms with Crippen LogP contribution in [0.3, 0.4) is 0 Å². The highest BCUT2D eigenvalue weighted by Gasteiger charge is 2.16. The Bertz CT molecular complexity index is 504. The maximum atomic E-state index is 11.5. The van der Waals surface area contributed by atoms with Crippen molar-refractivity contribution in [3.8, 4) is 12.3 Å². The van der Waals surface area contributed by atoms with Gasteiger partial charge in [-0.05, 0) is 6.92 Å². The van der Waals surface area contributed by atoms with Gasteiger partial charge in [-0.15, -0.1) is 23.7 Å². The molecule has 0 spiro atoms. The lowest BCUT2D eigenvalue weighted by Gasteiger charge is -2.07. The molecular formula is C11H13N3O3S. The molecule has 0 aliphatic rings. The Labute approximate surface area is 108 Å². The molecule has 4 N–H and O–H groups in total. The smallest absolute Gasteiger partial charge is 0.347 e. The van der Waals surface area contributed by atoms with Gasteiger partial charge in [-0.2, -0.15) is 0 Å². The van der Waals surface area contributed by atoms with Crippen LogP contribution in [0.15, 0.2) is 0 Å². The second-order valence-corrected chi connectivity index (χ2v) is 4.64. The van der Waals surface area contributed by atoms with Gasteiger partial charge in [0.05, 0.1) is 18.3 Å². The fraction of sp³-hybridized carbons (Fsp3) is 0.364. The van der Waals surface area contributed by atoms with Crippen molar-refractivity contribution in [2.45, 2.75) is 25.9 Å². The Morgan fingerprint density at radius 2 is 2.33 bits per heavy atom. The van der Waals surface area contributed by atoms with Crippen LogP contribution < -0.4 is 11.1 Å². The molecule has 0 aliphatic carbocycles. The van der Waals surface area contributed by atoms with Crippen molar-refractivity contribution >= 4 is 23.2 Å². The third-order valence-corrected chi connectivity index (χ3v) is 3.27. The van der Waals surface area contributed by atoms with Crippen LogP contribution in [-0.4, -0.2) is 28.0 Å². The molecule has 0 fully saturated rings. The number of carbonyl (C=O) groups excluding carboxylic acids is 1. The zero-order valence-electron chi connectivity index (χ0n) is 9.77. The molecule has 1 heterocycles. The number of nitrogens with two attached hydrogens (primary N) is 1. The third-order valence-electron chi connectivity index (χ3n) is 2.12. The SMILES string of the molecule is C#CCC(N)C(=O)NCc1nc(C)c(C(=O)O)s1. The van der Waals surface area contributed by atoms with E-state index in [0.717, 1.165) is 11.3 Å². The third kappa shape index (κ3) is 3.55. The van der Waals surface area contributed by atoms with E-state index in [1.807, 2.05) is 0 Å². The van der Waals surface area contributed by atoms with E-state index < -0.39 is 12.0 Å². The molecule has 1 amide bonds. The first-order valence-corrected chi connectivity index (χ1v) is 5.93. The summed E-state index contributed by atoms with van der Waals surface area (Å²) < 4.78 is 0. The number of carbonyl (C=O) groups is 2. The fourth-order valence-electron chi connectivity index (χ4n) is 1.24. The number of aromatic carboxylic acids is 1. The lowest BCUT2D eigenvalue weighted by molar-refractivity contribution is -0.122. The van der Waals surface area contributed by atoms with Crippen molar-refractivity contribution in [2.75, 3.05) is 0 Å². The molecule has 0 saturated heterocycles. The Balaban J connectivity index is 2.59. The highest BCUT2D eigenvalue weighted by Crippen LogP contribution is 2.17. The van der Waals surface area contributed by atoms with Gasteiger partial charge in [0.15, 0.2) is 0 Å². The number of thiazole rings is 1. The maximum absolute atomic E-state index is 11.5. The summed E-state index contributed by atoms with van der Waals surface area (Å²) in [6.45, 7) is 1.76. The summed E-state index contributed by atoms with van der Waals surface area (Å²) in [6.07, 6.45) is 5.20. The number of carboxylic acid groups (broad SMARTS) is 1. The van der Waals surface area contributed by atoms with E-state index >= 15 is 0 Å². The number of aromatic nitrogens is 1. The number of aryl methyl sites for hydroxylation is 1. The van der Waals surface area contributed by atoms with Crippen LogP contribution in [0.25, 0.3) is 0 Å². The molecule has 0 bridgehead atoms. The minimum absolute atomic E-state index is 0.149. The molecule has 96 valence electrons. The standard InChI is InChI=1S/C11H13N3O3S/c1-3-4-7(12)10(15)13-5-8-14-6(2)9(18-8)11(16)17/h1,7H,4-5,12H2,2H3,(H,13,15)(H,16,17). The quantitative estimate of drug-likeness (QED) is 0.657. The molecule has 7 heteroatoms. The molecular weight excluding hydrogens is 254 g/mol. The van der Waals surface area contributed by atoms with Crippen molar-refractivity contribution in [2.24, 2.45) is 5.73 Å². The van der Waals surface area contributed by atoms with E-state index in [-0.39, 0.29) is 23.7 Å². The van der Waals surface area contributed by atoms with Gasteiger partial charge in [0, 0.05) is 6.42 Å². The summed E-state index contributed by atoms with van der Waals surface area (Å²) >= 11 is 1.03. The topological polar surface area (TPSA) is 105 Å². The second kappa shape index (κ2) is 6.14. The molecule has 18 heavy (non-hydrogen) atoms. The summed E-state index contributed by atoms with van der Waals surface area (Å²) in [7, 11) is 0. The Hall–Kier alpha value is -1.91. The van der Waals surface area contributed by atoms with Crippen molar-refractivity contribution in [1.29, 1.82) is 0 Å². The lowest BCUT2D eigenvalue weighted by atomic mass is 10.2. The van der Waals surface area contributed by atoms with Gasteiger partial charge in [0.2, 0.25) is 5.91 Å². The number of hydrogen-bond donors (Lipinski definition) is 3. The minimum atomic E-state index is -1.02. The van der Waals surface area contributed by atoms with Gasteiger partial charge < -0.3 is 16.2 Å². The Morgan fingerprint density at radius 1 is 1.67 bits per heavy atom. The molecule has 1 atom stereocenters. The first-order chi connectivity index (χ1) is 8.45. The Kier molecular flexibility index (Phi) is 4.83. The number of nitrogens with one attached hydrogen (secondary N) is 1. The van der Waals surface area contributed by atoms with E-state index in [4.69, 9.17) is 17.3 Å². The van der Waals surface area contributed by atoms with Gasteiger partial charge in [-0.1, -0.05) is 0 Å². The average molecular weight is 267 g/mol. The monoisotopic (exact) mass is 267 g/mol. The van der Waals surface area contributed by atoms with Gasteiger partial charge in [-0.3, -0.25) is 4.79 Å². The summed E-state index contributed by atoms with van der Waals surface area (Å²) in [5.41, 5.74) is 5.94. The van der Waals surface area contributed by atoms with Crippen molar-refractivity contribution in [3.05, 3.63) is 15.6 Å². The zero-order valence-corrected chi connectivity index (χ0v) is 10.6. The first kappa shape index (κ1) is 14.2. The van der Waals surface area contributed by atoms with Crippen LogP contribution in [0.4, 0.5) is 0 Å². The summed E-state index contributed by atoms with van der Waals surface area (Å²) in [4.78, 5) is 26.5.